The quantitative estimate of drug-likeness (QED) is 0.623. The summed E-state index contributed by atoms with van der Waals surface area (Å²) in [6.45, 7) is 7.33. The molecular formula is C12H27N3O3S. The van der Waals surface area contributed by atoms with Crippen molar-refractivity contribution in [1.29, 1.82) is 0 Å². The van der Waals surface area contributed by atoms with Crippen molar-refractivity contribution >= 4 is 16.1 Å². The lowest BCUT2D eigenvalue weighted by Crippen LogP contribution is -2.40. The van der Waals surface area contributed by atoms with Gasteiger partial charge in [0.15, 0.2) is 0 Å². The number of amides is 2. The molecule has 2 N–H and O–H groups in total. The number of nitrogens with zero attached hydrogens (tertiary/aromatic N) is 1. The number of nitrogens with one attached hydrogen (secondary N) is 2. The largest absolute Gasteiger partial charge is 0.338 e. The van der Waals surface area contributed by atoms with Crippen LogP contribution in [0.1, 0.15) is 33.6 Å². The summed E-state index contributed by atoms with van der Waals surface area (Å²) in [7, 11) is -1.36. The lowest BCUT2D eigenvalue weighted by molar-refractivity contribution is 0.201. The third-order valence-electron chi connectivity index (χ3n) is 2.96. The number of hydrogen-bond acceptors (Lipinski definition) is 3. The summed E-state index contributed by atoms with van der Waals surface area (Å²) in [5.74, 6) is 0.559. The molecule has 114 valence electrons. The highest BCUT2D eigenvalue weighted by Crippen LogP contribution is 2.02. The zero-order valence-electron chi connectivity index (χ0n) is 12.4. The van der Waals surface area contributed by atoms with Gasteiger partial charge < -0.3 is 10.2 Å². The van der Waals surface area contributed by atoms with Crippen molar-refractivity contribution in [2.75, 3.05) is 32.4 Å². The SMILES string of the molecule is CCC(C)CN(C)C(=O)NCCCNS(=O)(=O)CC. The predicted molar refractivity (Wildman–Crippen MR) is 77.6 cm³/mol. The van der Waals surface area contributed by atoms with E-state index >= 15 is 0 Å². The Morgan fingerprint density at radius 3 is 2.42 bits per heavy atom. The highest BCUT2D eigenvalue weighted by Gasteiger charge is 2.10. The van der Waals surface area contributed by atoms with Crippen molar-refractivity contribution in [3.8, 4) is 0 Å². The van der Waals surface area contributed by atoms with E-state index in [9.17, 15) is 13.2 Å². The molecule has 0 spiro atoms. The van der Waals surface area contributed by atoms with Crippen LogP contribution in [0.2, 0.25) is 0 Å². The average molecular weight is 293 g/mol. The molecule has 19 heavy (non-hydrogen) atoms. The van der Waals surface area contributed by atoms with Gasteiger partial charge in [-0.05, 0) is 19.3 Å². The molecule has 2 amide bonds. The van der Waals surface area contributed by atoms with Gasteiger partial charge in [-0.3, -0.25) is 0 Å². The Morgan fingerprint density at radius 2 is 1.89 bits per heavy atom. The second kappa shape index (κ2) is 9.14. The van der Waals surface area contributed by atoms with Crippen LogP contribution in [0.5, 0.6) is 0 Å². The molecule has 7 heteroatoms. The van der Waals surface area contributed by atoms with E-state index in [0.717, 1.165) is 13.0 Å². The van der Waals surface area contributed by atoms with Gasteiger partial charge in [0, 0.05) is 26.7 Å². The van der Waals surface area contributed by atoms with E-state index in [2.05, 4.69) is 23.9 Å². The standard InChI is InChI=1S/C12H27N3O3S/c1-5-11(3)10-15(4)12(16)13-8-7-9-14-19(17,18)6-2/h11,14H,5-10H2,1-4H3,(H,13,16). The van der Waals surface area contributed by atoms with E-state index < -0.39 is 10.0 Å². The molecule has 0 bridgehead atoms. The van der Waals surface area contributed by atoms with Crippen molar-refractivity contribution in [1.82, 2.24) is 14.9 Å². The molecule has 0 aromatic heterocycles. The molecule has 0 saturated carbocycles. The minimum atomic E-state index is -3.13. The zero-order valence-corrected chi connectivity index (χ0v) is 13.2. The van der Waals surface area contributed by atoms with E-state index in [1.807, 2.05) is 0 Å². The summed E-state index contributed by atoms with van der Waals surface area (Å²) in [5.41, 5.74) is 0. The van der Waals surface area contributed by atoms with Gasteiger partial charge in [-0.2, -0.15) is 0 Å². The predicted octanol–water partition coefficient (Wildman–Crippen LogP) is 1.00. The maximum Gasteiger partial charge on any atom is 0.317 e. The minimum absolute atomic E-state index is 0.0804. The van der Waals surface area contributed by atoms with Crippen molar-refractivity contribution in [2.45, 2.75) is 33.6 Å². The van der Waals surface area contributed by atoms with Crippen LogP contribution in [0.25, 0.3) is 0 Å². The molecule has 0 aliphatic carbocycles. The van der Waals surface area contributed by atoms with Gasteiger partial charge in [-0.15, -0.1) is 0 Å². The molecule has 0 heterocycles. The fourth-order valence-electron chi connectivity index (χ4n) is 1.43. The monoisotopic (exact) mass is 293 g/mol. The Hall–Kier alpha value is -0.820. The summed E-state index contributed by atoms with van der Waals surface area (Å²) in [4.78, 5) is 13.3. The highest BCUT2D eigenvalue weighted by molar-refractivity contribution is 7.89. The topological polar surface area (TPSA) is 78.5 Å². The van der Waals surface area contributed by atoms with Gasteiger partial charge in [0.05, 0.1) is 5.75 Å². The van der Waals surface area contributed by atoms with E-state index in [4.69, 9.17) is 0 Å². The molecule has 1 atom stereocenters. The van der Waals surface area contributed by atoms with Crippen LogP contribution < -0.4 is 10.0 Å². The van der Waals surface area contributed by atoms with Gasteiger partial charge in [0.1, 0.15) is 0 Å². The summed E-state index contributed by atoms with van der Waals surface area (Å²) < 4.78 is 24.8. The summed E-state index contributed by atoms with van der Waals surface area (Å²) >= 11 is 0. The average Bonchev–Trinajstić information content (AvgIpc) is 2.37. The van der Waals surface area contributed by atoms with Crippen LogP contribution in [0.3, 0.4) is 0 Å². The minimum Gasteiger partial charge on any atom is -0.338 e. The fourth-order valence-corrected chi connectivity index (χ4v) is 2.09. The van der Waals surface area contributed by atoms with Crippen molar-refractivity contribution in [3.63, 3.8) is 0 Å². The molecule has 0 aliphatic heterocycles. The Balaban J connectivity index is 3.75. The molecule has 0 fully saturated rings. The molecule has 1 unspecified atom stereocenters. The molecule has 0 saturated heterocycles. The first-order chi connectivity index (χ1) is 8.82. The fraction of sp³-hybridized carbons (Fsp3) is 0.917. The lowest BCUT2D eigenvalue weighted by atomic mass is 10.1. The van der Waals surface area contributed by atoms with Crippen LogP contribution >= 0.6 is 0 Å². The van der Waals surface area contributed by atoms with E-state index in [-0.39, 0.29) is 11.8 Å². The van der Waals surface area contributed by atoms with Crippen molar-refractivity contribution in [3.05, 3.63) is 0 Å². The number of rotatable bonds is 9. The highest BCUT2D eigenvalue weighted by atomic mass is 32.2. The maximum atomic E-state index is 11.7. The first-order valence-corrected chi connectivity index (χ1v) is 8.43. The summed E-state index contributed by atoms with van der Waals surface area (Å²) in [6.07, 6.45) is 1.62. The second-order valence-electron chi connectivity index (χ2n) is 4.78. The number of sulfonamides is 1. The van der Waals surface area contributed by atoms with E-state index in [0.29, 0.717) is 25.4 Å². The number of hydrogen-bond donors (Lipinski definition) is 2. The molecule has 0 rings (SSSR count). The third kappa shape index (κ3) is 8.83. The Kier molecular flexibility index (Phi) is 8.75. The first-order valence-electron chi connectivity index (χ1n) is 6.78. The van der Waals surface area contributed by atoms with Crippen LogP contribution in [-0.4, -0.2) is 51.8 Å². The molecule has 6 nitrogen and oxygen atoms in total. The molecule has 0 aliphatic rings. The van der Waals surface area contributed by atoms with Crippen LogP contribution in [-0.2, 0) is 10.0 Å². The Bertz CT molecular complexity index is 357. The van der Waals surface area contributed by atoms with Gasteiger partial charge in [0.2, 0.25) is 10.0 Å². The maximum absolute atomic E-state index is 11.7. The van der Waals surface area contributed by atoms with Gasteiger partial charge >= 0.3 is 6.03 Å². The van der Waals surface area contributed by atoms with Crippen LogP contribution in [0, 0.1) is 5.92 Å². The molecule has 0 aromatic carbocycles. The molecular weight excluding hydrogens is 266 g/mol. The normalized spacial score (nSPS) is 13.1. The molecule has 0 aromatic rings. The number of urea groups is 1. The number of carbonyl (C=O) groups is 1. The van der Waals surface area contributed by atoms with Gasteiger partial charge in [-0.1, -0.05) is 20.3 Å². The Labute approximate surface area is 117 Å². The summed E-state index contributed by atoms with van der Waals surface area (Å²) in [5, 5.41) is 2.77. The van der Waals surface area contributed by atoms with Gasteiger partial charge in [0.25, 0.3) is 0 Å². The smallest absolute Gasteiger partial charge is 0.317 e. The Morgan fingerprint density at radius 1 is 1.26 bits per heavy atom. The van der Waals surface area contributed by atoms with Crippen LogP contribution in [0.15, 0.2) is 0 Å². The lowest BCUT2D eigenvalue weighted by Gasteiger charge is -2.21. The zero-order chi connectivity index (χ0) is 14.9. The third-order valence-corrected chi connectivity index (χ3v) is 4.36. The van der Waals surface area contributed by atoms with E-state index in [1.54, 1.807) is 18.9 Å². The van der Waals surface area contributed by atoms with Crippen LogP contribution in [0.4, 0.5) is 4.79 Å². The van der Waals surface area contributed by atoms with Crippen molar-refractivity contribution in [2.24, 2.45) is 5.92 Å². The molecule has 0 radical (unpaired) electrons. The number of carbonyl (C=O) groups excluding carboxylic acids is 1. The first kappa shape index (κ1) is 18.2. The van der Waals surface area contributed by atoms with Crippen molar-refractivity contribution < 1.29 is 13.2 Å². The summed E-state index contributed by atoms with van der Waals surface area (Å²) in [6, 6.07) is -0.112. The van der Waals surface area contributed by atoms with Gasteiger partial charge in [-0.25, -0.2) is 17.9 Å². The second-order valence-corrected chi connectivity index (χ2v) is 6.87. The van der Waals surface area contributed by atoms with E-state index in [1.165, 1.54) is 0 Å².